The first-order valence-corrected chi connectivity index (χ1v) is 8.92. The molecule has 0 saturated carbocycles. The Kier molecular flexibility index (Phi) is 4.27. The van der Waals surface area contributed by atoms with Gasteiger partial charge in [-0.3, -0.25) is 0 Å². The number of hydrogen-bond donors (Lipinski definition) is 0. The number of halogens is 3. The first-order valence-electron chi connectivity index (χ1n) is 7.67. The summed E-state index contributed by atoms with van der Waals surface area (Å²) in [6.45, 7) is 6.33. The van der Waals surface area contributed by atoms with Crippen LogP contribution in [0.1, 0.15) is 39.2 Å². The van der Waals surface area contributed by atoms with Crippen molar-refractivity contribution in [1.82, 2.24) is 0 Å². The van der Waals surface area contributed by atoms with E-state index >= 15 is 0 Å². The average molecular weight is 422 g/mol. The van der Waals surface area contributed by atoms with Crippen LogP contribution in [0.2, 0.25) is 0 Å². The topological polar surface area (TPSA) is 18.5 Å². The van der Waals surface area contributed by atoms with Gasteiger partial charge in [0.05, 0.1) is 23.9 Å². The highest BCUT2D eigenvalue weighted by Crippen LogP contribution is 2.57. The van der Waals surface area contributed by atoms with Crippen molar-refractivity contribution < 1.29 is 18.3 Å². The Morgan fingerprint density at radius 2 is 1.95 bits per heavy atom. The van der Waals surface area contributed by atoms with Crippen LogP contribution in [0.3, 0.4) is 0 Å². The van der Waals surface area contributed by atoms with Crippen LogP contribution in [-0.2, 0) is 16.1 Å². The van der Waals surface area contributed by atoms with Crippen LogP contribution in [0.25, 0.3) is 0 Å². The van der Waals surface area contributed by atoms with Crippen LogP contribution in [-0.4, -0.2) is 21.2 Å². The SMILES string of the molecule is CC(C)[C@]12C[C@@H](OCc3c(F)cccc3F)[C@](C)(C[C@@H]1I)O2. The summed E-state index contributed by atoms with van der Waals surface area (Å²) in [4.78, 5) is 0. The number of hydrogen-bond acceptors (Lipinski definition) is 2. The van der Waals surface area contributed by atoms with Gasteiger partial charge in [-0.1, -0.05) is 42.5 Å². The zero-order valence-electron chi connectivity index (χ0n) is 13.0. The van der Waals surface area contributed by atoms with Crippen LogP contribution in [0.5, 0.6) is 0 Å². The van der Waals surface area contributed by atoms with Gasteiger partial charge in [0.25, 0.3) is 0 Å². The van der Waals surface area contributed by atoms with E-state index < -0.39 is 11.6 Å². The summed E-state index contributed by atoms with van der Waals surface area (Å²) in [7, 11) is 0. The number of alkyl halides is 1. The third kappa shape index (κ3) is 2.49. The lowest BCUT2D eigenvalue weighted by Gasteiger charge is -2.35. The van der Waals surface area contributed by atoms with Gasteiger partial charge in [-0.2, -0.15) is 0 Å². The molecule has 0 radical (unpaired) electrons. The van der Waals surface area contributed by atoms with E-state index in [1.807, 2.05) is 0 Å². The minimum atomic E-state index is -0.556. The molecule has 122 valence electrons. The smallest absolute Gasteiger partial charge is 0.131 e. The molecule has 2 bridgehead atoms. The Bertz CT molecular complexity index is 560. The Morgan fingerprint density at radius 1 is 1.32 bits per heavy atom. The maximum Gasteiger partial charge on any atom is 0.131 e. The zero-order chi connectivity index (χ0) is 16.1. The molecule has 2 nitrogen and oxygen atoms in total. The standard InChI is InChI=1S/C17H21F2IO2/c1-10(2)17-8-15(16(3,22-17)7-14(17)20)21-9-11-12(18)5-4-6-13(11)19/h4-6,10,14-15H,7-9H2,1-3H3/t14-,15+,16-,17+/m0/s1. The minimum Gasteiger partial charge on any atom is -0.370 e. The monoisotopic (exact) mass is 422 g/mol. The second-order valence-electron chi connectivity index (χ2n) is 6.90. The molecule has 4 atom stereocenters. The van der Waals surface area contributed by atoms with Crippen molar-refractivity contribution in [3.8, 4) is 0 Å². The van der Waals surface area contributed by atoms with Crippen molar-refractivity contribution in [2.24, 2.45) is 5.92 Å². The quantitative estimate of drug-likeness (QED) is 0.521. The number of rotatable bonds is 4. The number of ether oxygens (including phenoxy) is 2. The Hall–Kier alpha value is -0.270. The lowest BCUT2D eigenvalue weighted by molar-refractivity contribution is -0.0959. The van der Waals surface area contributed by atoms with Gasteiger partial charge >= 0.3 is 0 Å². The van der Waals surface area contributed by atoms with Crippen molar-refractivity contribution in [1.29, 1.82) is 0 Å². The van der Waals surface area contributed by atoms with Gasteiger partial charge in [0.15, 0.2) is 0 Å². The van der Waals surface area contributed by atoms with Gasteiger partial charge in [0.2, 0.25) is 0 Å². The van der Waals surface area contributed by atoms with Gasteiger partial charge in [0.1, 0.15) is 11.6 Å². The summed E-state index contributed by atoms with van der Waals surface area (Å²) in [5, 5.41) is 0. The molecule has 1 aromatic carbocycles. The molecular weight excluding hydrogens is 401 g/mol. The van der Waals surface area contributed by atoms with E-state index in [2.05, 4.69) is 43.4 Å². The van der Waals surface area contributed by atoms with Crippen molar-refractivity contribution >= 4 is 22.6 Å². The zero-order valence-corrected chi connectivity index (χ0v) is 15.2. The molecule has 5 heteroatoms. The molecule has 2 saturated heterocycles. The summed E-state index contributed by atoms with van der Waals surface area (Å²) in [5.74, 6) is -0.728. The van der Waals surface area contributed by atoms with Gasteiger partial charge in [0, 0.05) is 15.9 Å². The van der Waals surface area contributed by atoms with E-state index in [-0.39, 0.29) is 29.5 Å². The van der Waals surface area contributed by atoms with Gasteiger partial charge < -0.3 is 9.47 Å². The molecule has 2 fully saturated rings. The largest absolute Gasteiger partial charge is 0.370 e. The number of benzene rings is 1. The van der Waals surface area contributed by atoms with Gasteiger partial charge in [-0.05, 0) is 31.4 Å². The van der Waals surface area contributed by atoms with Crippen molar-refractivity contribution in [2.45, 2.75) is 61.5 Å². The Morgan fingerprint density at radius 3 is 2.50 bits per heavy atom. The van der Waals surface area contributed by atoms with Crippen LogP contribution < -0.4 is 0 Å². The lowest BCUT2D eigenvalue weighted by Crippen LogP contribution is -2.44. The highest BCUT2D eigenvalue weighted by Gasteiger charge is 2.65. The fraction of sp³-hybridized carbons (Fsp3) is 0.647. The van der Waals surface area contributed by atoms with E-state index in [4.69, 9.17) is 9.47 Å². The summed E-state index contributed by atoms with van der Waals surface area (Å²) in [6.07, 6.45) is 1.57. The maximum atomic E-state index is 13.7. The minimum absolute atomic E-state index is 0.00139. The normalized spacial score (nSPS) is 37.2. The summed E-state index contributed by atoms with van der Waals surface area (Å²) in [5.41, 5.74) is -0.551. The van der Waals surface area contributed by atoms with Crippen molar-refractivity contribution in [3.63, 3.8) is 0 Å². The molecule has 22 heavy (non-hydrogen) atoms. The predicted octanol–water partition coefficient (Wildman–Crippen LogP) is 4.63. The molecule has 0 aromatic heterocycles. The molecule has 0 amide bonds. The third-order valence-corrected chi connectivity index (χ3v) is 6.69. The maximum absolute atomic E-state index is 13.7. The van der Waals surface area contributed by atoms with Gasteiger partial charge in [-0.15, -0.1) is 0 Å². The summed E-state index contributed by atoms with van der Waals surface area (Å²) < 4.78 is 40.2. The van der Waals surface area contributed by atoms with Crippen molar-refractivity contribution in [2.75, 3.05) is 0 Å². The Balaban J connectivity index is 1.75. The molecule has 0 spiro atoms. The molecule has 2 aliphatic rings. The summed E-state index contributed by atoms with van der Waals surface area (Å²) >= 11 is 2.46. The molecule has 2 heterocycles. The third-order valence-electron chi connectivity index (χ3n) is 5.19. The van der Waals surface area contributed by atoms with E-state index in [1.165, 1.54) is 18.2 Å². The lowest BCUT2D eigenvalue weighted by atomic mass is 9.75. The molecule has 2 aliphatic heterocycles. The van der Waals surface area contributed by atoms with Crippen LogP contribution >= 0.6 is 22.6 Å². The van der Waals surface area contributed by atoms with Crippen LogP contribution in [0.4, 0.5) is 8.78 Å². The van der Waals surface area contributed by atoms with E-state index in [1.54, 1.807) is 0 Å². The molecule has 0 N–H and O–H groups in total. The van der Waals surface area contributed by atoms with E-state index in [0.29, 0.717) is 9.84 Å². The van der Waals surface area contributed by atoms with E-state index in [0.717, 1.165) is 12.8 Å². The second-order valence-corrected chi connectivity index (χ2v) is 8.40. The first kappa shape index (κ1) is 16.6. The van der Waals surface area contributed by atoms with Crippen molar-refractivity contribution in [3.05, 3.63) is 35.4 Å². The van der Waals surface area contributed by atoms with E-state index in [9.17, 15) is 8.78 Å². The second kappa shape index (κ2) is 5.67. The molecule has 0 unspecified atom stereocenters. The highest BCUT2D eigenvalue weighted by molar-refractivity contribution is 14.1. The van der Waals surface area contributed by atoms with Gasteiger partial charge in [-0.25, -0.2) is 8.78 Å². The first-order chi connectivity index (χ1) is 10.3. The molecule has 1 aromatic rings. The number of fused-ring (bicyclic) bond motifs is 2. The summed E-state index contributed by atoms with van der Waals surface area (Å²) in [6, 6.07) is 3.89. The highest BCUT2D eigenvalue weighted by atomic mass is 127. The van der Waals surface area contributed by atoms with Crippen LogP contribution in [0, 0.1) is 17.6 Å². The molecule has 3 rings (SSSR count). The molecule has 0 aliphatic carbocycles. The van der Waals surface area contributed by atoms with Crippen LogP contribution in [0.15, 0.2) is 18.2 Å². The molecular formula is C17H21F2IO2. The fourth-order valence-electron chi connectivity index (χ4n) is 3.75. The fourth-order valence-corrected chi connectivity index (χ4v) is 5.72. The average Bonchev–Trinajstić information content (AvgIpc) is 2.86. The Labute approximate surface area is 143 Å². The predicted molar refractivity (Wildman–Crippen MR) is 89.0 cm³/mol.